The first kappa shape index (κ1) is 41.4. The predicted molar refractivity (Wildman–Crippen MR) is 206 cm³/mol. The van der Waals surface area contributed by atoms with Gasteiger partial charge in [-0.1, -0.05) is 106 Å². The van der Waals surface area contributed by atoms with Gasteiger partial charge in [-0.3, -0.25) is 9.59 Å². The van der Waals surface area contributed by atoms with Crippen molar-refractivity contribution in [2.24, 2.45) is 5.92 Å². The van der Waals surface area contributed by atoms with Crippen molar-refractivity contribution < 1.29 is 38.2 Å². The minimum absolute atomic E-state index is 0.0291. The summed E-state index contributed by atoms with van der Waals surface area (Å²) in [6.45, 7) is 9.62. The van der Waals surface area contributed by atoms with Crippen molar-refractivity contribution >= 4 is 30.0 Å². The Morgan fingerprint density at radius 2 is 1.37 bits per heavy atom. The van der Waals surface area contributed by atoms with Crippen LogP contribution in [0.25, 0.3) is 11.1 Å². The lowest BCUT2D eigenvalue weighted by Gasteiger charge is -2.30. The molecule has 0 heterocycles. The van der Waals surface area contributed by atoms with Gasteiger partial charge < -0.3 is 35.1 Å². The van der Waals surface area contributed by atoms with E-state index in [0.29, 0.717) is 6.54 Å². The number of ketones is 1. The molecule has 12 heteroatoms. The lowest BCUT2D eigenvalue weighted by molar-refractivity contribution is -0.134. The van der Waals surface area contributed by atoms with Gasteiger partial charge in [-0.05, 0) is 60.9 Å². The van der Waals surface area contributed by atoms with Crippen LogP contribution in [0.1, 0.15) is 82.9 Å². The van der Waals surface area contributed by atoms with Gasteiger partial charge in [0.25, 0.3) is 0 Å². The Morgan fingerprint density at radius 1 is 0.759 bits per heavy atom. The maximum absolute atomic E-state index is 14.2. The average Bonchev–Trinajstić information content (AvgIpc) is 3.48. The summed E-state index contributed by atoms with van der Waals surface area (Å²) in [5.74, 6) is -0.732. The molecular formula is C42H54N4O8. The highest BCUT2D eigenvalue weighted by molar-refractivity contribution is 5.87. The van der Waals surface area contributed by atoms with Crippen LogP contribution >= 0.6 is 0 Å². The molecule has 290 valence electrons. The van der Waals surface area contributed by atoms with Crippen LogP contribution < -0.4 is 16.0 Å². The van der Waals surface area contributed by atoms with Crippen molar-refractivity contribution in [1.29, 1.82) is 0 Å². The number of fused-ring (bicyclic) bond motifs is 3. The summed E-state index contributed by atoms with van der Waals surface area (Å²) in [5, 5.41) is 7.90. The molecule has 0 unspecified atom stereocenters. The highest BCUT2D eigenvalue weighted by atomic mass is 16.6. The number of rotatable bonds is 18. The fourth-order valence-corrected chi connectivity index (χ4v) is 6.34. The standard InChI is InChI=1S/C42H54N4O8/c1-6-29(7-2)26-46(24-22-31(47)25-44-39(49)52-27-30-15-9-8-10-16-30)38(48)37(21-23-43-40(50)54-42(3,4)5)45-41(51)53-28-36-34-19-13-11-17-32(34)33-18-12-14-20-35(33)36/h8-20,29,36-37H,6-7,21-28H2,1-5H3,(H,43,50)(H,44,49)(H,45,51)/t37-/m0/s1. The van der Waals surface area contributed by atoms with Crippen LogP contribution in [-0.2, 0) is 30.4 Å². The third kappa shape index (κ3) is 12.6. The minimum Gasteiger partial charge on any atom is -0.449 e. The Hall–Kier alpha value is -5.39. The molecule has 4 amide bonds. The first-order valence-electron chi connectivity index (χ1n) is 18.7. The van der Waals surface area contributed by atoms with Gasteiger partial charge in [0, 0.05) is 32.0 Å². The Bertz CT molecular complexity index is 1670. The highest BCUT2D eigenvalue weighted by Gasteiger charge is 2.31. The van der Waals surface area contributed by atoms with Gasteiger partial charge in [0.1, 0.15) is 24.9 Å². The number of nitrogens with one attached hydrogen (secondary N) is 3. The van der Waals surface area contributed by atoms with Gasteiger partial charge in [0.05, 0.1) is 6.54 Å². The molecule has 3 aromatic rings. The maximum atomic E-state index is 14.2. The third-order valence-corrected chi connectivity index (χ3v) is 9.28. The zero-order valence-corrected chi connectivity index (χ0v) is 32.0. The van der Waals surface area contributed by atoms with E-state index in [1.54, 1.807) is 25.7 Å². The van der Waals surface area contributed by atoms with E-state index in [1.165, 1.54) is 0 Å². The van der Waals surface area contributed by atoms with Crippen LogP contribution in [0.15, 0.2) is 78.9 Å². The number of alkyl carbamates (subject to hydrolysis) is 3. The zero-order valence-electron chi connectivity index (χ0n) is 32.0. The quantitative estimate of drug-likeness (QED) is 0.118. The van der Waals surface area contributed by atoms with E-state index >= 15 is 0 Å². The van der Waals surface area contributed by atoms with E-state index < -0.39 is 35.8 Å². The summed E-state index contributed by atoms with van der Waals surface area (Å²) in [6.07, 6.45) is -0.528. The van der Waals surface area contributed by atoms with Crippen LogP contribution in [-0.4, -0.2) is 79.3 Å². The monoisotopic (exact) mass is 742 g/mol. The Labute approximate surface area is 318 Å². The van der Waals surface area contributed by atoms with Crippen LogP contribution in [0.5, 0.6) is 0 Å². The van der Waals surface area contributed by atoms with E-state index in [9.17, 15) is 24.0 Å². The van der Waals surface area contributed by atoms with Crippen LogP contribution in [0.4, 0.5) is 14.4 Å². The van der Waals surface area contributed by atoms with Crippen molar-refractivity contribution in [3.05, 3.63) is 95.6 Å². The molecule has 12 nitrogen and oxygen atoms in total. The number of benzene rings is 3. The van der Waals surface area contributed by atoms with E-state index in [2.05, 4.69) is 16.0 Å². The average molecular weight is 743 g/mol. The summed E-state index contributed by atoms with van der Waals surface area (Å²) >= 11 is 0. The number of Topliss-reactive ketones (excluding diaryl/α,β-unsaturated/α-hetero) is 1. The number of ether oxygens (including phenoxy) is 3. The summed E-state index contributed by atoms with van der Waals surface area (Å²) in [4.78, 5) is 66.8. The third-order valence-electron chi connectivity index (χ3n) is 9.28. The summed E-state index contributed by atoms with van der Waals surface area (Å²) < 4.78 is 16.3. The first-order valence-corrected chi connectivity index (χ1v) is 18.7. The van der Waals surface area contributed by atoms with Crippen molar-refractivity contribution in [2.45, 2.75) is 84.5 Å². The molecule has 1 atom stereocenters. The summed E-state index contributed by atoms with van der Waals surface area (Å²) in [5.41, 5.74) is 4.40. The molecule has 0 aromatic heterocycles. The van der Waals surface area contributed by atoms with E-state index in [-0.39, 0.29) is 63.3 Å². The lowest BCUT2D eigenvalue weighted by Crippen LogP contribution is -2.51. The van der Waals surface area contributed by atoms with Gasteiger partial charge in [-0.25, -0.2) is 14.4 Å². The Balaban J connectivity index is 1.41. The fraction of sp³-hybridized carbons (Fsp3) is 0.452. The van der Waals surface area contributed by atoms with Crippen LogP contribution in [0.2, 0.25) is 0 Å². The van der Waals surface area contributed by atoms with Gasteiger partial charge in [0.2, 0.25) is 5.91 Å². The zero-order chi connectivity index (χ0) is 39.1. The second-order valence-electron chi connectivity index (χ2n) is 14.4. The molecule has 0 aliphatic heterocycles. The Morgan fingerprint density at radius 3 is 1.98 bits per heavy atom. The van der Waals surface area contributed by atoms with Crippen LogP contribution in [0.3, 0.4) is 0 Å². The molecule has 0 spiro atoms. The number of hydrogen-bond acceptors (Lipinski definition) is 8. The number of hydrogen-bond donors (Lipinski definition) is 3. The minimum atomic E-state index is -1.08. The molecule has 54 heavy (non-hydrogen) atoms. The van der Waals surface area contributed by atoms with Gasteiger partial charge in [-0.15, -0.1) is 0 Å². The lowest BCUT2D eigenvalue weighted by atomic mass is 9.98. The molecule has 0 bridgehead atoms. The van der Waals surface area contributed by atoms with Gasteiger partial charge >= 0.3 is 18.3 Å². The largest absolute Gasteiger partial charge is 0.449 e. The van der Waals surface area contributed by atoms with Crippen LogP contribution in [0, 0.1) is 5.92 Å². The predicted octanol–water partition coefficient (Wildman–Crippen LogP) is 6.96. The molecule has 0 radical (unpaired) electrons. The summed E-state index contributed by atoms with van der Waals surface area (Å²) in [7, 11) is 0. The fourth-order valence-electron chi connectivity index (χ4n) is 6.34. The molecule has 3 aromatic carbocycles. The highest BCUT2D eigenvalue weighted by Crippen LogP contribution is 2.44. The SMILES string of the molecule is CCC(CC)CN(CCC(=O)CNC(=O)OCc1ccccc1)C(=O)[C@H](CCNC(=O)OC(C)(C)C)NC(=O)OCC1c2ccccc2-c2ccccc21. The topological polar surface area (TPSA) is 152 Å². The van der Waals surface area contributed by atoms with Crippen molar-refractivity contribution in [1.82, 2.24) is 20.9 Å². The van der Waals surface area contributed by atoms with Gasteiger partial charge in [-0.2, -0.15) is 0 Å². The number of carbonyl (C=O) groups excluding carboxylic acids is 5. The molecule has 1 aliphatic carbocycles. The molecule has 4 rings (SSSR count). The van der Waals surface area contributed by atoms with Crippen molar-refractivity contribution in [3.63, 3.8) is 0 Å². The molecule has 0 fully saturated rings. The Kier molecular flexibility index (Phi) is 15.5. The number of amides is 4. The molecule has 3 N–H and O–H groups in total. The normalized spacial score (nSPS) is 12.6. The molecular weight excluding hydrogens is 688 g/mol. The smallest absolute Gasteiger partial charge is 0.407 e. The first-order chi connectivity index (χ1) is 25.9. The molecule has 0 saturated heterocycles. The molecule has 0 saturated carbocycles. The number of carbonyl (C=O) groups is 5. The number of nitrogens with zero attached hydrogens (tertiary/aromatic N) is 1. The van der Waals surface area contributed by atoms with Crippen molar-refractivity contribution in [3.8, 4) is 11.1 Å². The van der Waals surface area contributed by atoms with E-state index in [4.69, 9.17) is 14.2 Å². The second-order valence-corrected chi connectivity index (χ2v) is 14.4. The summed E-state index contributed by atoms with van der Waals surface area (Å²) in [6, 6.07) is 24.1. The van der Waals surface area contributed by atoms with E-state index in [1.807, 2.05) is 92.7 Å². The van der Waals surface area contributed by atoms with Crippen molar-refractivity contribution in [2.75, 3.05) is 32.8 Å². The second kappa shape index (κ2) is 20.2. The maximum Gasteiger partial charge on any atom is 0.407 e. The molecule has 1 aliphatic rings. The van der Waals surface area contributed by atoms with E-state index in [0.717, 1.165) is 40.7 Å². The van der Waals surface area contributed by atoms with Gasteiger partial charge in [0.15, 0.2) is 5.78 Å².